The molecule has 30 heavy (non-hydrogen) atoms. The average molecular weight is 442 g/mol. The summed E-state index contributed by atoms with van der Waals surface area (Å²) in [5, 5.41) is 18.7. The van der Waals surface area contributed by atoms with Gasteiger partial charge < -0.3 is 19.3 Å². The van der Waals surface area contributed by atoms with Gasteiger partial charge >= 0.3 is 0 Å². The molecule has 1 aromatic heterocycles. The first-order valence-corrected chi connectivity index (χ1v) is 9.91. The number of aliphatic hydroxyl groups is 1. The fraction of sp³-hybridized carbons (Fsp3) is 0.500. The van der Waals surface area contributed by atoms with Crippen LogP contribution < -0.4 is 0 Å². The Morgan fingerprint density at radius 3 is 2.87 bits per heavy atom. The van der Waals surface area contributed by atoms with E-state index in [2.05, 4.69) is 16.9 Å². The summed E-state index contributed by atoms with van der Waals surface area (Å²) >= 11 is 5.63. The molecule has 162 valence electrons. The number of benzene rings is 1. The van der Waals surface area contributed by atoms with Crippen LogP contribution in [-0.2, 0) is 14.2 Å². The molecule has 7 nitrogen and oxygen atoms in total. The summed E-state index contributed by atoms with van der Waals surface area (Å²) in [5.41, 5.74) is 0.0158. The summed E-state index contributed by atoms with van der Waals surface area (Å²) in [5.74, 6) is -3.16. The Bertz CT molecular complexity index is 954. The van der Waals surface area contributed by atoms with Crippen molar-refractivity contribution in [3.63, 3.8) is 0 Å². The SMILES string of the molecule is C=CC[C@H]1O[C@@H]2COC(C)(C)O[C@@H]2[C@H](n2cc(-c3ccc(Cl)c(F)c3F)nn2)[C@H]1O. The molecule has 2 aliphatic heterocycles. The summed E-state index contributed by atoms with van der Waals surface area (Å²) in [7, 11) is 0. The summed E-state index contributed by atoms with van der Waals surface area (Å²) < 4.78 is 47.3. The van der Waals surface area contributed by atoms with E-state index < -0.39 is 47.9 Å². The van der Waals surface area contributed by atoms with E-state index in [1.807, 2.05) is 0 Å². The third-order valence-electron chi connectivity index (χ3n) is 5.32. The van der Waals surface area contributed by atoms with Crippen LogP contribution in [0.4, 0.5) is 8.78 Å². The van der Waals surface area contributed by atoms with Gasteiger partial charge in [-0.2, -0.15) is 0 Å². The molecule has 2 aliphatic rings. The molecule has 1 N–H and O–H groups in total. The highest BCUT2D eigenvalue weighted by atomic mass is 35.5. The van der Waals surface area contributed by atoms with E-state index in [1.54, 1.807) is 19.9 Å². The van der Waals surface area contributed by atoms with Gasteiger partial charge in [0.15, 0.2) is 17.4 Å². The summed E-state index contributed by atoms with van der Waals surface area (Å²) in [6.07, 6.45) is 0.902. The Kier molecular flexibility index (Phi) is 5.67. The standard InChI is InChI=1S/C20H22ClF2N3O4/c1-4-5-13-18(27)17(19-14(29-13)9-28-20(2,3)30-19)26-8-12(24-25-26)10-6-7-11(21)16(23)15(10)22/h4,6-8,13-14,17-19,27H,1,5,9H2,2-3H3/t13-,14-,17-,18+,19+/m1/s1. The molecule has 2 aromatic rings. The zero-order chi connectivity index (χ0) is 21.6. The minimum Gasteiger partial charge on any atom is -0.388 e. The van der Waals surface area contributed by atoms with Crippen LogP contribution in [0.2, 0.25) is 5.02 Å². The summed E-state index contributed by atoms with van der Waals surface area (Å²) in [6.45, 7) is 7.51. The third-order valence-corrected chi connectivity index (χ3v) is 5.62. The van der Waals surface area contributed by atoms with Crippen molar-refractivity contribution < 1.29 is 28.1 Å². The molecule has 0 spiro atoms. The highest BCUT2D eigenvalue weighted by molar-refractivity contribution is 6.30. The molecule has 1 aromatic carbocycles. The predicted octanol–water partition coefficient (Wildman–Crippen LogP) is 3.27. The van der Waals surface area contributed by atoms with Gasteiger partial charge in [-0.15, -0.1) is 11.7 Å². The van der Waals surface area contributed by atoms with Gasteiger partial charge in [0, 0.05) is 5.56 Å². The number of aromatic nitrogens is 3. The van der Waals surface area contributed by atoms with E-state index in [0.717, 1.165) is 0 Å². The molecule has 0 unspecified atom stereocenters. The van der Waals surface area contributed by atoms with Gasteiger partial charge in [-0.3, -0.25) is 0 Å². The van der Waals surface area contributed by atoms with Crippen LogP contribution in [0.3, 0.4) is 0 Å². The molecule has 4 rings (SSSR count). The second kappa shape index (κ2) is 7.97. The number of hydrogen-bond acceptors (Lipinski definition) is 6. The Hall–Kier alpha value is -1.91. The summed E-state index contributed by atoms with van der Waals surface area (Å²) in [4.78, 5) is 0. The molecular formula is C20H22ClF2N3O4. The number of halogens is 3. The van der Waals surface area contributed by atoms with Crippen molar-refractivity contribution in [2.75, 3.05) is 6.61 Å². The fourth-order valence-corrected chi connectivity index (χ4v) is 4.02. The monoisotopic (exact) mass is 441 g/mol. The van der Waals surface area contributed by atoms with Gasteiger partial charge in [-0.25, -0.2) is 13.5 Å². The zero-order valence-electron chi connectivity index (χ0n) is 16.5. The van der Waals surface area contributed by atoms with Crippen LogP contribution in [-0.4, -0.2) is 56.9 Å². The topological polar surface area (TPSA) is 78.6 Å². The minimum atomic E-state index is -1.16. The van der Waals surface area contributed by atoms with Crippen molar-refractivity contribution in [2.45, 2.75) is 56.5 Å². The van der Waals surface area contributed by atoms with Crippen molar-refractivity contribution >= 4 is 11.6 Å². The van der Waals surface area contributed by atoms with Crippen LogP contribution in [0.25, 0.3) is 11.3 Å². The fourth-order valence-electron chi connectivity index (χ4n) is 3.88. The van der Waals surface area contributed by atoms with Gasteiger partial charge in [-0.1, -0.05) is 22.9 Å². The van der Waals surface area contributed by atoms with Crippen LogP contribution in [0, 0.1) is 11.6 Å². The quantitative estimate of drug-likeness (QED) is 0.579. The van der Waals surface area contributed by atoms with Gasteiger partial charge in [0.25, 0.3) is 0 Å². The van der Waals surface area contributed by atoms with E-state index in [4.69, 9.17) is 25.8 Å². The number of fused-ring (bicyclic) bond motifs is 1. The number of ether oxygens (including phenoxy) is 3. The normalized spacial score (nSPS) is 30.7. The van der Waals surface area contributed by atoms with Crippen LogP contribution >= 0.6 is 11.6 Å². The Morgan fingerprint density at radius 1 is 1.37 bits per heavy atom. The Labute approximate surface area is 177 Å². The lowest BCUT2D eigenvalue weighted by Crippen LogP contribution is -2.62. The molecule has 0 bridgehead atoms. The predicted molar refractivity (Wildman–Crippen MR) is 104 cm³/mol. The molecular weight excluding hydrogens is 420 g/mol. The second-order valence-corrected chi connectivity index (χ2v) is 8.23. The molecule has 10 heteroatoms. The second-order valence-electron chi connectivity index (χ2n) is 7.82. The maximum Gasteiger partial charge on any atom is 0.178 e. The minimum absolute atomic E-state index is 0.0860. The third kappa shape index (κ3) is 3.76. The maximum atomic E-state index is 14.4. The van der Waals surface area contributed by atoms with E-state index in [-0.39, 0.29) is 22.9 Å². The molecule has 3 heterocycles. The van der Waals surface area contributed by atoms with Crippen LogP contribution in [0.5, 0.6) is 0 Å². The number of rotatable bonds is 4. The van der Waals surface area contributed by atoms with E-state index >= 15 is 0 Å². The number of hydrogen-bond donors (Lipinski definition) is 1. The lowest BCUT2D eigenvalue weighted by molar-refractivity contribution is -0.348. The van der Waals surface area contributed by atoms with Crippen molar-refractivity contribution in [2.24, 2.45) is 0 Å². The number of aliphatic hydroxyl groups excluding tert-OH is 1. The van der Waals surface area contributed by atoms with Crippen molar-refractivity contribution in [3.8, 4) is 11.3 Å². The highest BCUT2D eigenvalue weighted by Crippen LogP contribution is 2.39. The molecule has 0 radical (unpaired) electrons. The van der Waals surface area contributed by atoms with Gasteiger partial charge in [0.1, 0.15) is 30.0 Å². The van der Waals surface area contributed by atoms with E-state index in [1.165, 1.54) is 23.0 Å². The van der Waals surface area contributed by atoms with Gasteiger partial charge in [-0.05, 0) is 32.4 Å². The average Bonchev–Trinajstić information content (AvgIpc) is 3.16. The van der Waals surface area contributed by atoms with Crippen molar-refractivity contribution in [1.29, 1.82) is 0 Å². The molecule has 0 saturated carbocycles. The lowest BCUT2D eigenvalue weighted by Gasteiger charge is -2.50. The number of nitrogens with zero attached hydrogens (tertiary/aromatic N) is 3. The van der Waals surface area contributed by atoms with Crippen LogP contribution in [0.1, 0.15) is 26.3 Å². The molecule has 0 amide bonds. The molecule has 5 atom stereocenters. The summed E-state index contributed by atoms with van der Waals surface area (Å²) in [6, 6.07) is 1.89. The molecule has 0 aliphatic carbocycles. The molecule has 2 fully saturated rings. The highest BCUT2D eigenvalue weighted by Gasteiger charge is 2.51. The van der Waals surface area contributed by atoms with E-state index in [9.17, 15) is 13.9 Å². The van der Waals surface area contributed by atoms with Gasteiger partial charge in [0.2, 0.25) is 0 Å². The largest absolute Gasteiger partial charge is 0.388 e. The first kappa shape index (κ1) is 21.3. The lowest BCUT2D eigenvalue weighted by atomic mass is 9.90. The smallest absolute Gasteiger partial charge is 0.178 e. The van der Waals surface area contributed by atoms with Crippen molar-refractivity contribution in [3.05, 3.63) is 47.6 Å². The van der Waals surface area contributed by atoms with Gasteiger partial charge in [0.05, 0.1) is 23.9 Å². The first-order chi connectivity index (χ1) is 14.2. The van der Waals surface area contributed by atoms with E-state index in [0.29, 0.717) is 6.42 Å². The van der Waals surface area contributed by atoms with Crippen molar-refractivity contribution in [1.82, 2.24) is 15.0 Å². The first-order valence-electron chi connectivity index (χ1n) is 9.53. The Balaban J connectivity index is 1.71. The van der Waals surface area contributed by atoms with Crippen LogP contribution in [0.15, 0.2) is 31.0 Å². The molecule has 2 saturated heterocycles. The Morgan fingerprint density at radius 2 is 2.13 bits per heavy atom. The zero-order valence-corrected chi connectivity index (χ0v) is 17.2. The maximum absolute atomic E-state index is 14.4.